The molecule has 0 radical (unpaired) electrons. The van der Waals surface area contributed by atoms with Gasteiger partial charge >= 0.3 is 0 Å². The van der Waals surface area contributed by atoms with Crippen LogP contribution in [0.1, 0.15) is 53.4 Å². The molecule has 1 unspecified atom stereocenters. The van der Waals surface area contributed by atoms with Crippen molar-refractivity contribution >= 4 is 0 Å². The number of hydrogen-bond donors (Lipinski definition) is 1. The molecule has 0 fully saturated rings. The third-order valence-electron chi connectivity index (χ3n) is 3.15. The minimum absolute atomic E-state index is 0.737. The summed E-state index contributed by atoms with van der Waals surface area (Å²) >= 11 is 0. The van der Waals surface area contributed by atoms with Crippen LogP contribution in [-0.2, 0) is 0 Å². The van der Waals surface area contributed by atoms with E-state index in [0.29, 0.717) is 0 Å². The van der Waals surface area contributed by atoms with Gasteiger partial charge in [-0.15, -0.1) is 0 Å². The Bertz CT molecular complexity index is 122. The van der Waals surface area contributed by atoms with Gasteiger partial charge in [-0.25, -0.2) is 0 Å². The molecule has 0 amide bonds. The number of likely N-dealkylation sites (N-methyl/N-ethyl adjacent to an activating group) is 1. The van der Waals surface area contributed by atoms with Crippen molar-refractivity contribution in [1.82, 2.24) is 10.2 Å². The van der Waals surface area contributed by atoms with Gasteiger partial charge in [0, 0.05) is 19.1 Å². The van der Waals surface area contributed by atoms with Crippen LogP contribution in [0.2, 0.25) is 0 Å². The normalized spacial score (nSPS) is 13.4. The summed E-state index contributed by atoms with van der Waals surface area (Å²) in [6.07, 6.45) is 5.27. The summed E-state index contributed by atoms with van der Waals surface area (Å²) in [5, 5.41) is 3.66. The SMILES string of the molecule is CCCCC(CC)NCCN(CC)CC. The lowest BCUT2D eigenvalue weighted by atomic mass is 10.1. The van der Waals surface area contributed by atoms with Gasteiger partial charge in [-0.05, 0) is 25.9 Å². The van der Waals surface area contributed by atoms with Crippen LogP contribution < -0.4 is 5.32 Å². The molecule has 92 valence electrons. The molecule has 0 spiro atoms. The van der Waals surface area contributed by atoms with E-state index in [1.165, 1.54) is 45.3 Å². The van der Waals surface area contributed by atoms with Crippen LogP contribution in [-0.4, -0.2) is 37.1 Å². The minimum atomic E-state index is 0.737. The Hall–Kier alpha value is -0.0800. The minimum Gasteiger partial charge on any atom is -0.313 e. The fraction of sp³-hybridized carbons (Fsp3) is 1.00. The molecule has 15 heavy (non-hydrogen) atoms. The van der Waals surface area contributed by atoms with Gasteiger partial charge in [0.2, 0.25) is 0 Å². The number of nitrogens with zero attached hydrogens (tertiary/aromatic N) is 1. The van der Waals surface area contributed by atoms with Gasteiger partial charge in [0.25, 0.3) is 0 Å². The van der Waals surface area contributed by atoms with Crippen molar-refractivity contribution in [2.45, 2.75) is 59.4 Å². The first-order valence-electron chi connectivity index (χ1n) is 6.74. The molecule has 0 aromatic carbocycles. The summed E-state index contributed by atoms with van der Waals surface area (Å²) in [6, 6.07) is 0.737. The van der Waals surface area contributed by atoms with Crippen LogP contribution in [0.5, 0.6) is 0 Å². The number of rotatable bonds is 10. The van der Waals surface area contributed by atoms with Crippen molar-refractivity contribution < 1.29 is 0 Å². The number of hydrogen-bond acceptors (Lipinski definition) is 2. The van der Waals surface area contributed by atoms with E-state index < -0.39 is 0 Å². The van der Waals surface area contributed by atoms with Gasteiger partial charge in [0.1, 0.15) is 0 Å². The largest absolute Gasteiger partial charge is 0.313 e. The van der Waals surface area contributed by atoms with Crippen molar-refractivity contribution in [3.63, 3.8) is 0 Å². The van der Waals surface area contributed by atoms with E-state index in [-0.39, 0.29) is 0 Å². The van der Waals surface area contributed by atoms with E-state index in [2.05, 4.69) is 37.9 Å². The molecule has 1 N–H and O–H groups in total. The van der Waals surface area contributed by atoms with Crippen LogP contribution in [0.4, 0.5) is 0 Å². The van der Waals surface area contributed by atoms with E-state index in [1.807, 2.05) is 0 Å². The first-order valence-corrected chi connectivity index (χ1v) is 6.74. The summed E-state index contributed by atoms with van der Waals surface area (Å²) in [7, 11) is 0. The summed E-state index contributed by atoms with van der Waals surface area (Å²) in [4.78, 5) is 2.47. The summed E-state index contributed by atoms with van der Waals surface area (Å²) in [5.41, 5.74) is 0. The lowest BCUT2D eigenvalue weighted by Gasteiger charge is -2.21. The van der Waals surface area contributed by atoms with E-state index in [0.717, 1.165) is 12.6 Å². The highest BCUT2D eigenvalue weighted by Gasteiger charge is 2.05. The molecule has 0 rings (SSSR count). The van der Waals surface area contributed by atoms with Crippen LogP contribution >= 0.6 is 0 Å². The van der Waals surface area contributed by atoms with Crippen LogP contribution in [0, 0.1) is 0 Å². The predicted molar refractivity (Wildman–Crippen MR) is 69.4 cm³/mol. The zero-order valence-corrected chi connectivity index (χ0v) is 11.2. The van der Waals surface area contributed by atoms with E-state index in [4.69, 9.17) is 0 Å². The third-order valence-corrected chi connectivity index (χ3v) is 3.15. The Morgan fingerprint density at radius 2 is 1.73 bits per heavy atom. The highest BCUT2D eigenvalue weighted by molar-refractivity contribution is 4.66. The fourth-order valence-corrected chi connectivity index (χ4v) is 1.87. The van der Waals surface area contributed by atoms with Gasteiger partial charge in [0.05, 0.1) is 0 Å². The maximum atomic E-state index is 3.66. The van der Waals surface area contributed by atoms with Crippen molar-refractivity contribution in [3.8, 4) is 0 Å². The standard InChI is InChI=1S/C13H30N2/c1-5-9-10-13(6-2)14-11-12-15(7-3)8-4/h13-14H,5-12H2,1-4H3. The molecule has 0 aromatic heterocycles. The second-order valence-electron chi connectivity index (χ2n) is 4.23. The third kappa shape index (κ3) is 7.80. The van der Waals surface area contributed by atoms with Crippen LogP contribution in [0.25, 0.3) is 0 Å². The molecule has 0 saturated heterocycles. The lowest BCUT2D eigenvalue weighted by Crippen LogP contribution is -2.36. The molecule has 0 aromatic rings. The smallest absolute Gasteiger partial charge is 0.0107 e. The predicted octanol–water partition coefficient (Wildman–Crippen LogP) is 2.89. The topological polar surface area (TPSA) is 15.3 Å². The Kier molecular flexibility index (Phi) is 10.4. The maximum absolute atomic E-state index is 3.66. The zero-order chi connectivity index (χ0) is 11.5. The summed E-state index contributed by atoms with van der Waals surface area (Å²) in [6.45, 7) is 13.7. The fourth-order valence-electron chi connectivity index (χ4n) is 1.87. The van der Waals surface area contributed by atoms with Gasteiger partial charge < -0.3 is 10.2 Å². The molecule has 0 saturated carbocycles. The quantitative estimate of drug-likeness (QED) is 0.601. The van der Waals surface area contributed by atoms with Crippen molar-refractivity contribution in [2.24, 2.45) is 0 Å². The summed E-state index contributed by atoms with van der Waals surface area (Å²) in [5.74, 6) is 0. The van der Waals surface area contributed by atoms with Crippen molar-refractivity contribution in [2.75, 3.05) is 26.2 Å². The van der Waals surface area contributed by atoms with E-state index >= 15 is 0 Å². The Labute approximate surface area is 96.4 Å². The van der Waals surface area contributed by atoms with Gasteiger partial charge in [-0.3, -0.25) is 0 Å². The number of nitrogens with one attached hydrogen (secondary N) is 1. The molecule has 1 atom stereocenters. The zero-order valence-electron chi connectivity index (χ0n) is 11.2. The van der Waals surface area contributed by atoms with Crippen molar-refractivity contribution in [3.05, 3.63) is 0 Å². The Balaban J connectivity index is 3.52. The molecule has 0 aliphatic carbocycles. The summed E-state index contributed by atoms with van der Waals surface area (Å²) < 4.78 is 0. The molecular formula is C13H30N2. The van der Waals surface area contributed by atoms with Crippen LogP contribution in [0.3, 0.4) is 0 Å². The Morgan fingerprint density at radius 1 is 1.07 bits per heavy atom. The highest BCUT2D eigenvalue weighted by Crippen LogP contribution is 2.03. The number of unbranched alkanes of at least 4 members (excludes halogenated alkanes) is 1. The molecule has 0 bridgehead atoms. The first kappa shape index (κ1) is 14.9. The average Bonchev–Trinajstić information content (AvgIpc) is 2.28. The first-order chi connectivity index (χ1) is 7.28. The van der Waals surface area contributed by atoms with Gasteiger partial charge in [-0.2, -0.15) is 0 Å². The second kappa shape index (κ2) is 10.4. The lowest BCUT2D eigenvalue weighted by molar-refractivity contribution is 0.292. The van der Waals surface area contributed by atoms with E-state index in [1.54, 1.807) is 0 Å². The molecule has 2 nitrogen and oxygen atoms in total. The van der Waals surface area contributed by atoms with Crippen molar-refractivity contribution in [1.29, 1.82) is 0 Å². The molecule has 0 aliphatic heterocycles. The Morgan fingerprint density at radius 3 is 2.20 bits per heavy atom. The van der Waals surface area contributed by atoms with Crippen LogP contribution in [0.15, 0.2) is 0 Å². The maximum Gasteiger partial charge on any atom is 0.0107 e. The molecule has 2 heteroatoms. The molecule has 0 aliphatic rings. The van der Waals surface area contributed by atoms with Gasteiger partial charge in [-0.1, -0.05) is 40.5 Å². The van der Waals surface area contributed by atoms with Gasteiger partial charge in [0.15, 0.2) is 0 Å². The molecule has 0 heterocycles. The highest BCUT2D eigenvalue weighted by atomic mass is 15.1. The van der Waals surface area contributed by atoms with E-state index in [9.17, 15) is 0 Å². The second-order valence-corrected chi connectivity index (χ2v) is 4.23. The monoisotopic (exact) mass is 214 g/mol. The molecular weight excluding hydrogens is 184 g/mol. The average molecular weight is 214 g/mol.